The van der Waals surface area contributed by atoms with Gasteiger partial charge in [-0.2, -0.15) is 0 Å². The molecular formula is C18H27N5O2. The number of hydrogen-bond acceptors (Lipinski definition) is 5. The highest BCUT2D eigenvalue weighted by molar-refractivity contribution is 5.92. The van der Waals surface area contributed by atoms with Crippen LogP contribution in [-0.4, -0.2) is 57.3 Å². The molecule has 7 nitrogen and oxygen atoms in total. The number of fused-ring (bicyclic) bond motifs is 1. The molecule has 0 unspecified atom stereocenters. The van der Waals surface area contributed by atoms with Gasteiger partial charge < -0.3 is 15.5 Å². The van der Waals surface area contributed by atoms with Crippen molar-refractivity contribution in [2.75, 3.05) is 25.4 Å². The zero-order valence-corrected chi connectivity index (χ0v) is 15.2. The Morgan fingerprint density at radius 3 is 2.80 bits per heavy atom. The maximum Gasteiger partial charge on any atom is 0.272 e. The van der Waals surface area contributed by atoms with Crippen molar-refractivity contribution < 1.29 is 9.59 Å². The predicted octanol–water partition coefficient (Wildman–Crippen LogP) is 1.48. The molecule has 2 saturated heterocycles. The number of aromatic nitrogens is 2. The van der Waals surface area contributed by atoms with Gasteiger partial charge in [0.15, 0.2) is 0 Å². The number of aryl methyl sites for hydroxylation is 1. The molecule has 2 fully saturated rings. The smallest absolute Gasteiger partial charge is 0.272 e. The van der Waals surface area contributed by atoms with Crippen LogP contribution < -0.4 is 5.73 Å². The molecule has 25 heavy (non-hydrogen) atoms. The van der Waals surface area contributed by atoms with Crippen LogP contribution in [0.15, 0.2) is 6.07 Å². The number of hydrogen-bond donors (Lipinski definition) is 1. The first-order valence-corrected chi connectivity index (χ1v) is 9.05. The summed E-state index contributed by atoms with van der Waals surface area (Å²) >= 11 is 0. The van der Waals surface area contributed by atoms with E-state index in [0.717, 1.165) is 19.4 Å². The SMILES string of the molecule is Cc1cc(C(=O)N2CC[C@@H]3[C@@H](CCC(=O)N3CC(C)C)C2)nc(N)n1. The summed E-state index contributed by atoms with van der Waals surface area (Å²) in [7, 11) is 0. The number of likely N-dealkylation sites (tertiary alicyclic amines) is 2. The van der Waals surface area contributed by atoms with E-state index < -0.39 is 0 Å². The number of nitrogens with zero attached hydrogens (tertiary/aromatic N) is 4. The van der Waals surface area contributed by atoms with Crippen LogP contribution in [0.4, 0.5) is 5.95 Å². The van der Waals surface area contributed by atoms with Crippen LogP contribution in [0.25, 0.3) is 0 Å². The number of carbonyl (C=O) groups is 2. The Balaban J connectivity index is 1.72. The second-order valence-electron chi connectivity index (χ2n) is 7.60. The highest BCUT2D eigenvalue weighted by Gasteiger charge is 2.40. The third-order valence-corrected chi connectivity index (χ3v) is 5.08. The third kappa shape index (κ3) is 3.75. The average molecular weight is 345 g/mol. The minimum Gasteiger partial charge on any atom is -0.368 e. The third-order valence-electron chi connectivity index (χ3n) is 5.08. The van der Waals surface area contributed by atoms with E-state index in [-0.39, 0.29) is 23.8 Å². The van der Waals surface area contributed by atoms with Crippen LogP contribution in [0.1, 0.15) is 49.3 Å². The normalized spacial score (nSPS) is 23.8. The Morgan fingerprint density at radius 2 is 2.12 bits per heavy atom. The zero-order valence-electron chi connectivity index (χ0n) is 15.2. The van der Waals surface area contributed by atoms with Gasteiger partial charge >= 0.3 is 0 Å². The molecule has 3 heterocycles. The summed E-state index contributed by atoms with van der Waals surface area (Å²) in [6.45, 7) is 8.20. The molecule has 0 aromatic carbocycles. The second-order valence-corrected chi connectivity index (χ2v) is 7.60. The number of nitrogen functional groups attached to an aromatic ring is 1. The summed E-state index contributed by atoms with van der Waals surface area (Å²) in [5.41, 5.74) is 6.72. The van der Waals surface area contributed by atoms with Crippen LogP contribution >= 0.6 is 0 Å². The number of anilines is 1. The summed E-state index contributed by atoms with van der Waals surface area (Å²) in [5, 5.41) is 0. The summed E-state index contributed by atoms with van der Waals surface area (Å²) in [4.78, 5) is 37.1. The number of piperidine rings is 2. The van der Waals surface area contributed by atoms with Crippen LogP contribution in [0.5, 0.6) is 0 Å². The fraction of sp³-hybridized carbons (Fsp3) is 0.667. The first kappa shape index (κ1) is 17.6. The molecule has 2 aliphatic rings. The lowest BCUT2D eigenvalue weighted by Crippen LogP contribution is -2.57. The molecule has 1 aromatic heterocycles. The van der Waals surface area contributed by atoms with Gasteiger partial charge in [-0.25, -0.2) is 9.97 Å². The summed E-state index contributed by atoms with van der Waals surface area (Å²) in [6.07, 6.45) is 2.26. The summed E-state index contributed by atoms with van der Waals surface area (Å²) < 4.78 is 0. The van der Waals surface area contributed by atoms with Crippen molar-refractivity contribution in [1.29, 1.82) is 0 Å². The van der Waals surface area contributed by atoms with Gasteiger partial charge in [0.1, 0.15) is 5.69 Å². The Morgan fingerprint density at radius 1 is 1.36 bits per heavy atom. The van der Waals surface area contributed by atoms with Crippen molar-refractivity contribution in [3.8, 4) is 0 Å². The molecule has 1 aromatic rings. The van der Waals surface area contributed by atoms with Crippen molar-refractivity contribution in [3.05, 3.63) is 17.5 Å². The van der Waals surface area contributed by atoms with Crippen LogP contribution in [0.3, 0.4) is 0 Å². The van der Waals surface area contributed by atoms with Gasteiger partial charge in [0.05, 0.1) is 0 Å². The van der Waals surface area contributed by atoms with Gasteiger partial charge in [0.25, 0.3) is 5.91 Å². The van der Waals surface area contributed by atoms with Gasteiger partial charge in [-0.1, -0.05) is 13.8 Å². The molecule has 136 valence electrons. The lowest BCUT2D eigenvalue weighted by Gasteiger charge is -2.47. The average Bonchev–Trinajstić information content (AvgIpc) is 2.55. The Bertz CT molecular complexity index is 655. The predicted molar refractivity (Wildman–Crippen MR) is 94.8 cm³/mol. The molecule has 0 aliphatic carbocycles. The molecule has 3 rings (SSSR count). The van der Waals surface area contributed by atoms with E-state index in [4.69, 9.17) is 5.73 Å². The highest BCUT2D eigenvalue weighted by atomic mass is 16.2. The van der Waals surface area contributed by atoms with E-state index in [9.17, 15) is 9.59 Å². The fourth-order valence-corrected chi connectivity index (χ4v) is 4.03. The highest BCUT2D eigenvalue weighted by Crippen LogP contribution is 2.32. The number of rotatable bonds is 3. The Kier molecular flexibility index (Phi) is 4.92. The van der Waals surface area contributed by atoms with Crippen molar-refractivity contribution in [2.45, 2.75) is 46.1 Å². The lowest BCUT2D eigenvalue weighted by atomic mass is 9.83. The second kappa shape index (κ2) is 6.98. The first-order chi connectivity index (χ1) is 11.8. The molecule has 2 atom stereocenters. The van der Waals surface area contributed by atoms with Crippen molar-refractivity contribution >= 4 is 17.8 Å². The molecule has 2 aliphatic heterocycles. The Hall–Kier alpha value is -2.18. The van der Waals surface area contributed by atoms with Crippen molar-refractivity contribution in [2.24, 2.45) is 11.8 Å². The van der Waals surface area contributed by atoms with E-state index in [1.54, 1.807) is 13.0 Å². The van der Waals surface area contributed by atoms with E-state index >= 15 is 0 Å². The van der Waals surface area contributed by atoms with Crippen LogP contribution in [0, 0.1) is 18.8 Å². The maximum atomic E-state index is 12.8. The van der Waals surface area contributed by atoms with E-state index in [2.05, 4.69) is 23.8 Å². The monoisotopic (exact) mass is 345 g/mol. The van der Waals surface area contributed by atoms with Gasteiger partial charge in [0, 0.05) is 37.8 Å². The van der Waals surface area contributed by atoms with E-state index in [0.29, 0.717) is 42.7 Å². The summed E-state index contributed by atoms with van der Waals surface area (Å²) in [5.74, 6) is 1.09. The number of carbonyl (C=O) groups excluding carboxylic acids is 2. The fourth-order valence-electron chi connectivity index (χ4n) is 4.03. The molecule has 0 spiro atoms. The van der Waals surface area contributed by atoms with Crippen LogP contribution in [-0.2, 0) is 4.79 Å². The molecule has 7 heteroatoms. The van der Waals surface area contributed by atoms with Gasteiger partial charge in [-0.05, 0) is 37.7 Å². The zero-order chi connectivity index (χ0) is 18.1. The molecule has 2 N–H and O–H groups in total. The van der Waals surface area contributed by atoms with E-state index in [1.807, 2.05) is 9.80 Å². The molecule has 0 saturated carbocycles. The van der Waals surface area contributed by atoms with Gasteiger partial charge in [-0.3, -0.25) is 9.59 Å². The Labute approximate surface area is 148 Å². The van der Waals surface area contributed by atoms with Crippen molar-refractivity contribution in [1.82, 2.24) is 19.8 Å². The largest absolute Gasteiger partial charge is 0.368 e. The molecule has 0 radical (unpaired) electrons. The molecular weight excluding hydrogens is 318 g/mol. The minimum absolute atomic E-state index is 0.0945. The minimum atomic E-state index is -0.0945. The topological polar surface area (TPSA) is 92.4 Å². The van der Waals surface area contributed by atoms with Crippen LogP contribution in [0.2, 0.25) is 0 Å². The lowest BCUT2D eigenvalue weighted by molar-refractivity contribution is -0.141. The number of amides is 2. The van der Waals surface area contributed by atoms with Gasteiger partial charge in [0.2, 0.25) is 11.9 Å². The quantitative estimate of drug-likeness (QED) is 0.896. The van der Waals surface area contributed by atoms with E-state index in [1.165, 1.54) is 0 Å². The maximum absolute atomic E-state index is 12.8. The van der Waals surface area contributed by atoms with Gasteiger partial charge in [-0.15, -0.1) is 0 Å². The first-order valence-electron chi connectivity index (χ1n) is 9.05. The number of nitrogens with two attached hydrogens (primary N) is 1. The molecule has 2 amide bonds. The summed E-state index contributed by atoms with van der Waals surface area (Å²) in [6, 6.07) is 1.94. The van der Waals surface area contributed by atoms with Crippen molar-refractivity contribution in [3.63, 3.8) is 0 Å². The standard InChI is InChI=1S/C18H27N5O2/c1-11(2)9-23-15-6-7-22(10-13(15)4-5-16(23)24)17(25)14-8-12(3)20-18(19)21-14/h8,11,13,15H,4-7,9-10H2,1-3H3,(H2,19,20,21)/t13-,15+/m0/s1. The molecule has 0 bridgehead atoms.